The molecule has 0 bridgehead atoms. The van der Waals surface area contributed by atoms with Crippen LogP contribution in [0.15, 0.2) is 55.1 Å². The van der Waals surface area contributed by atoms with Gasteiger partial charge >= 0.3 is 0 Å². The van der Waals surface area contributed by atoms with Gasteiger partial charge in [0.1, 0.15) is 24.2 Å². The number of nitrogens with one attached hydrogen (secondary N) is 1. The van der Waals surface area contributed by atoms with Crippen LogP contribution in [-0.4, -0.2) is 34.9 Å². The molecule has 0 aliphatic rings. The molecule has 7 nitrogen and oxygen atoms in total. The molecule has 0 aliphatic carbocycles. The van der Waals surface area contributed by atoms with Crippen molar-refractivity contribution in [3.8, 4) is 17.2 Å². The molecule has 0 fully saturated rings. The summed E-state index contributed by atoms with van der Waals surface area (Å²) in [6, 6.07) is 13.1. The standard InChI is InChI=1S/C20H22N4O3/c1-14(15-4-6-17(7-5-15)24-13-21-12-22-24)23-20(25)11-16-10-18(26-2)8-9-19(16)27-3/h4-10,12-14H,11H2,1-3H3,(H,23,25). The molecule has 0 saturated carbocycles. The molecule has 2 aromatic carbocycles. The van der Waals surface area contributed by atoms with Crippen LogP contribution < -0.4 is 14.8 Å². The van der Waals surface area contributed by atoms with Gasteiger partial charge in [-0.2, -0.15) is 5.10 Å². The first-order chi connectivity index (χ1) is 13.1. The Kier molecular flexibility index (Phi) is 5.71. The normalized spacial score (nSPS) is 11.7. The zero-order valence-corrected chi connectivity index (χ0v) is 15.5. The molecule has 1 atom stereocenters. The largest absolute Gasteiger partial charge is 0.497 e. The Labute approximate surface area is 158 Å². The van der Waals surface area contributed by atoms with Crippen LogP contribution in [0.4, 0.5) is 0 Å². The van der Waals surface area contributed by atoms with E-state index < -0.39 is 0 Å². The number of carbonyl (C=O) groups excluding carboxylic acids is 1. The fraction of sp³-hybridized carbons (Fsp3) is 0.250. The number of aromatic nitrogens is 3. The van der Waals surface area contributed by atoms with E-state index >= 15 is 0 Å². The number of methoxy groups -OCH3 is 2. The monoisotopic (exact) mass is 366 g/mol. The van der Waals surface area contributed by atoms with Crippen molar-refractivity contribution in [2.45, 2.75) is 19.4 Å². The Morgan fingerprint density at radius 1 is 1.15 bits per heavy atom. The topological polar surface area (TPSA) is 78.3 Å². The minimum atomic E-state index is -0.126. The highest BCUT2D eigenvalue weighted by molar-refractivity contribution is 5.80. The van der Waals surface area contributed by atoms with Gasteiger partial charge < -0.3 is 14.8 Å². The van der Waals surface area contributed by atoms with Gasteiger partial charge in [-0.1, -0.05) is 12.1 Å². The van der Waals surface area contributed by atoms with E-state index in [0.29, 0.717) is 11.5 Å². The maximum absolute atomic E-state index is 12.5. The number of nitrogens with zero attached hydrogens (tertiary/aromatic N) is 3. The van der Waals surface area contributed by atoms with Crippen molar-refractivity contribution in [1.29, 1.82) is 0 Å². The molecule has 7 heteroatoms. The highest BCUT2D eigenvalue weighted by atomic mass is 16.5. The highest BCUT2D eigenvalue weighted by Gasteiger charge is 2.14. The van der Waals surface area contributed by atoms with Gasteiger partial charge in [0.25, 0.3) is 0 Å². The number of benzene rings is 2. The predicted octanol–water partition coefficient (Wildman–Crippen LogP) is 2.70. The van der Waals surface area contributed by atoms with Crippen molar-refractivity contribution < 1.29 is 14.3 Å². The zero-order chi connectivity index (χ0) is 19.2. The lowest BCUT2D eigenvalue weighted by Gasteiger charge is -2.16. The van der Waals surface area contributed by atoms with Crippen molar-refractivity contribution in [2.75, 3.05) is 14.2 Å². The van der Waals surface area contributed by atoms with Gasteiger partial charge in [0, 0.05) is 5.56 Å². The molecule has 0 spiro atoms. The van der Waals surface area contributed by atoms with Crippen molar-refractivity contribution in [2.24, 2.45) is 0 Å². The van der Waals surface area contributed by atoms with Gasteiger partial charge in [0.05, 0.1) is 32.4 Å². The number of rotatable bonds is 7. The van der Waals surface area contributed by atoms with Crippen molar-refractivity contribution in [1.82, 2.24) is 20.1 Å². The number of hydrogen-bond acceptors (Lipinski definition) is 5. The van der Waals surface area contributed by atoms with E-state index in [0.717, 1.165) is 16.8 Å². The molecule has 1 amide bonds. The molecule has 1 heterocycles. The van der Waals surface area contributed by atoms with Crippen molar-refractivity contribution in [3.05, 3.63) is 66.2 Å². The number of carbonyl (C=O) groups is 1. The number of amides is 1. The molecular weight excluding hydrogens is 344 g/mol. The minimum absolute atomic E-state index is 0.0885. The van der Waals surface area contributed by atoms with E-state index in [1.54, 1.807) is 37.4 Å². The molecule has 27 heavy (non-hydrogen) atoms. The maximum Gasteiger partial charge on any atom is 0.225 e. The fourth-order valence-corrected chi connectivity index (χ4v) is 2.83. The van der Waals surface area contributed by atoms with Gasteiger partial charge in [-0.15, -0.1) is 0 Å². The average Bonchev–Trinajstić information content (AvgIpc) is 3.22. The summed E-state index contributed by atoms with van der Waals surface area (Å²) in [4.78, 5) is 16.4. The van der Waals surface area contributed by atoms with Crippen LogP contribution in [0.5, 0.6) is 11.5 Å². The van der Waals surface area contributed by atoms with Crippen LogP contribution in [0.1, 0.15) is 24.1 Å². The Balaban J connectivity index is 1.65. The first kappa shape index (κ1) is 18.4. The second-order valence-electron chi connectivity index (χ2n) is 6.08. The van der Waals surface area contributed by atoms with Crippen LogP contribution >= 0.6 is 0 Å². The Bertz CT molecular complexity index is 892. The van der Waals surface area contributed by atoms with E-state index in [4.69, 9.17) is 9.47 Å². The summed E-state index contributed by atoms with van der Waals surface area (Å²) < 4.78 is 12.2. The van der Waals surface area contributed by atoms with E-state index in [1.165, 1.54) is 6.33 Å². The van der Waals surface area contributed by atoms with Gasteiger partial charge in [-0.25, -0.2) is 9.67 Å². The Morgan fingerprint density at radius 2 is 1.93 bits per heavy atom. The van der Waals surface area contributed by atoms with Gasteiger partial charge in [0.2, 0.25) is 5.91 Å². The van der Waals surface area contributed by atoms with Gasteiger partial charge in [0.15, 0.2) is 0 Å². The third-order valence-corrected chi connectivity index (χ3v) is 4.29. The lowest BCUT2D eigenvalue weighted by atomic mass is 10.1. The Hall–Kier alpha value is -3.35. The quantitative estimate of drug-likeness (QED) is 0.696. The molecule has 0 radical (unpaired) electrons. The summed E-state index contributed by atoms with van der Waals surface area (Å²) in [7, 11) is 3.18. The number of hydrogen-bond donors (Lipinski definition) is 1. The van der Waals surface area contributed by atoms with E-state index in [-0.39, 0.29) is 18.4 Å². The lowest BCUT2D eigenvalue weighted by Crippen LogP contribution is -2.28. The minimum Gasteiger partial charge on any atom is -0.497 e. The molecule has 1 N–H and O–H groups in total. The third-order valence-electron chi connectivity index (χ3n) is 4.29. The first-order valence-corrected chi connectivity index (χ1v) is 8.56. The van der Waals surface area contributed by atoms with Crippen LogP contribution in [0.25, 0.3) is 5.69 Å². The average molecular weight is 366 g/mol. The molecular formula is C20H22N4O3. The summed E-state index contributed by atoms with van der Waals surface area (Å²) in [5.41, 5.74) is 2.70. The molecule has 0 saturated heterocycles. The molecule has 1 aromatic heterocycles. The zero-order valence-electron chi connectivity index (χ0n) is 15.5. The summed E-state index contributed by atoms with van der Waals surface area (Å²) in [6.45, 7) is 1.95. The Morgan fingerprint density at radius 3 is 2.56 bits per heavy atom. The number of ether oxygens (including phenoxy) is 2. The second-order valence-corrected chi connectivity index (χ2v) is 6.08. The first-order valence-electron chi connectivity index (χ1n) is 8.56. The van der Waals surface area contributed by atoms with Crippen LogP contribution in [0.3, 0.4) is 0 Å². The maximum atomic E-state index is 12.5. The molecule has 1 unspecified atom stereocenters. The van der Waals surface area contributed by atoms with Gasteiger partial charge in [-0.3, -0.25) is 4.79 Å². The summed E-state index contributed by atoms with van der Waals surface area (Å²) >= 11 is 0. The third kappa shape index (κ3) is 4.44. The fourth-order valence-electron chi connectivity index (χ4n) is 2.83. The van der Waals surface area contributed by atoms with E-state index in [1.807, 2.05) is 37.3 Å². The molecule has 140 valence electrons. The molecule has 3 rings (SSSR count). The van der Waals surface area contributed by atoms with Crippen LogP contribution in [0, 0.1) is 0 Å². The highest BCUT2D eigenvalue weighted by Crippen LogP contribution is 2.24. The molecule has 0 aliphatic heterocycles. The van der Waals surface area contributed by atoms with E-state index in [2.05, 4.69) is 15.4 Å². The van der Waals surface area contributed by atoms with Crippen molar-refractivity contribution in [3.63, 3.8) is 0 Å². The van der Waals surface area contributed by atoms with Crippen LogP contribution in [0.2, 0.25) is 0 Å². The lowest BCUT2D eigenvalue weighted by molar-refractivity contribution is -0.121. The smallest absolute Gasteiger partial charge is 0.225 e. The summed E-state index contributed by atoms with van der Waals surface area (Å²) in [5, 5.41) is 7.12. The second kappa shape index (κ2) is 8.35. The van der Waals surface area contributed by atoms with E-state index in [9.17, 15) is 4.79 Å². The van der Waals surface area contributed by atoms with Crippen LogP contribution in [-0.2, 0) is 11.2 Å². The molecule has 3 aromatic rings. The van der Waals surface area contributed by atoms with Gasteiger partial charge in [-0.05, 0) is 42.8 Å². The summed E-state index contributed by atoms with van der Waals surface area (Å²) in [6.07, 6.45) is 3.34. The predicted molar refractivity (Wildman–Crippen MR) is 101 cm³/mol. The van der Waals surface area contributed by atoms with Crippen molar-refractivity contribution >= 4 is 5.91 Å². The summed E-state index contributed by atoms with van der Waals surface area (Å²) in [5.74, 6) is 1.26. The SMILES string of the molecule is COc1ccc(OC)c(CC(=O)NC(C)c2ccc(-n3cncn3)cc2)c1.